The van der Waals surface area contributed by atoms with Gasteiger partial charge in [0.2, 0.25) is 0 Å². The molecule has 1 aromatic carbocycles. The summed E-state index contributed by atoms with van der Waals surface area (Å²) in [5.41, 5.74) is 0.0480. The van der Waals surface area contributed by atoms with Crippen molar-refractivity contribution in [3.8, 4) is 0 Å². The lowest BCUT2D eigenvalue weighted by atomic mass is 10.2. The lowest BCUT2D eigenvalue weighted by Crippen LogP contribution is -2.26. The fraction of sp³-hybridized carbons (Fsp3) is 0.364. The smallest absolute Gasteiger partial charge is 0.254 e. The Morgan fingerprint density at radius 2 is 2.31 bits per heavy atom. The van der Waals surface area contributed by atoms with Crippen molar-refractivity contribution < 1.29 is 13.9 Å². The highest BCUT2D eigenvalue weighted by Crippen LogP contribution is 2.18. The summed E-state index contributed by atoms with van der Waals surface area (Å²) in [5.74, 6) is -0.943. The van der Waals surface area contributed by atoms with E-state index in [9.17, 15) is 9.18 Å². The van der Waals surface area contributed by atoms with Gasteiger partial charge in [0.05, 0.1) is 10.0 Å². The molecule has 0 unspecified atom stereocenters. The zero-order chi connectivity index (χ0) is 12.0. The number of hydrogen-bond acceptors (Lipinski definition) is 2. The van der Waals surface area contributed by atoms with Gasteiger partial charge in [-0.1, -0.05) is 6.07 Å². The Morgan fingerprint density at radius 3 is 3.00 bits per heavy atom. The van der Waals surface area contributed by atoms with Crippen molar-refractivity contribution in [1.82, 2.24) is 5.32 Å². The lowest BCUT2D eigenvalue weighted by molar-refractivity contribution is 0.0944. The molecule has 0 aromatic heterocycles. The minimum Gasteiger partial charge on any atom is -0.385 e. The first kappa shape index (κ1) is 13.1. The third-order valence-electron chi connectivity index (χ3n) is 2.01. The molecule has 0 saturated carbocycles. The van der Waals surface area contributed by atoms with Gasteiger partial charge in [-0.25, -0.2) is 4.39 Å². The van der Waals surface area contributed by atoms with E-state index in [0.717, 1.165) is 0 Å². The molecule has 5 heteroatoms. The van der Waals surface area contributed by atoms with Gasteiger partial charge in [-0.3, -0.25) is 4.79 Å². The molecule has 88 valence electrons. The maximum Gasteiger partial charge on any atom is 0.254 e. The number of carbonyl (C=O) groups is 1. The first-order valence-electron chi connectivity index (χ1n) is 4.88. The Labute approximate surface area is 102 Å². The second-order valence-electron chi connectivity index (χ2n) is 3.20. The number of nitrogens with one attached hydrogen (secondary N) is 1. The highest BCUT2D eigenvalue weighted by Gasteiger charge is 2.12. The van der Waals surface area contributed by atoms with Gasteiger partial charge in [0.1, 0.15) is 5.82 Å². The quantitative estimate of drug-likeness (QED) is 0.845. The van der Waals surface area contributed by atoms with E-state index in [1.54, 1.807) is 19.2 Å². The van der Waals surface area contributed by atoms with E-state index in [0.29, 0.717) is 19.6 Å². The molecule has 0 aliphatic carbocycles. The topological polar surface area (TPSA) is 38.3 Å². The molecule has 0 bridgehead atoms. The van der Waals surface area contributed by atoms with Crippen molar-refractivity contribution in [2.75, 3.05) is 20.3 Å². The molecule has 0 aliphatic heterocycles. The molecule has 3 nitrogen and oxygen atoms in total. The number of carbonyl (C=O) groups excluding carboxylic acids is 1. The second kappa shape index (κ2) is 6.60. The van der Waals surface area contributed by atoms with Crippen molar-refractivity contribution in [1.29, 1.82) is 0 Å². The Morgan fingerprint density at radius 1 is 1.56 bits per heavy atom. The van der Waals surface area contributed by atoms with Gasteiger partial charge >= 0.3 is 0 Å². The van der Waals surface area contributed by atoms with Crippen LogP contribution in [0, 0.1) is 5.82 Å². The predicted molar refractivity (Wildman–Crippen MR) is 62.9 cm³/mol. The van der Waals surface area contributed by atoms with Crippen LogP contribution in [0.2, 0.25) is 0 Å². The van der Waals surface area contributed by atoms with E-state index in [1.807, 2.05) is 0 Å². The maximum absolute atomic E-state index is 13.5. The van der Waals surface area contributed by atoms with Gasteiger partial charge in [-0.15, -0.1) is 0 Å². The Hall–Kier alpha value is -0.940. The molecule has 0 spiro atoms. The second-order valence-corrected chi connectivity index (χ2v) is 4.06. The largest absolute Gasteiger partial charge is 0.385 e. The third-order valence-corrected chi connectivity index (χ3v) is 2.62. The molecule has 0 heterocycles. The van der Waals surface area contributed by atoms with Gasteiger partial charge in [-0.05, 0) is 34.5 Å². The van der Waals surface area contributed by atoms with Crippen LogP contribution in [0.25, 0.3) is 0 Å². The van der Waals surface area contributed by atoms with E-state index >= 15 is 0 Å². The molecule has 16 heavy (non-hydrogen) atoms. The average Bonchev–Trinajstić information content (AvgIpc) is 2.28. The normalized spacial score (nSPS) is 10.2. The number of benzene rings is 1. The summed E-state index contributed by atoms with van der Waals surface area (Å²) in [4.78, 5) is 11.6. The standard InChI is InChI=1S/C11H13BrFNO2/c1-16-7-3-6-14-11(15)8-4-2-5-9(12)10(8)13/h2,4-5H,3,6-7H2,1H3,(H,14,15). The van der Waals surface area contributed by atoms with Crippen LogP contribution in [-0.2, 0) is 4.74 Å². The molecule has 1 aromatic rings. The Balaban J connectivity index is 2.56. The number of ether oxygens (including phenoxy) is 1. The van der Waals surface area contributed by atoms with Crippen LogP contribution < -0.4 is 5.32 Å². The van der Waals surface area contributed by atoms with E-state index in [-0.39, 0.29) is 10.0 Å². The first-order chi connectivity index (χ1) is 7.66. The van der Waals surface area contributed by atoms with E-state index in [1.165, 1.54) is 6.07 Å². The maximum atomic E-state index is 13.5. The molecule has 1 amide bonds. The third kappa shape index (κ3) is 3.57. The molecular formula is C11H13BrFNO2. The molecule has 0 radical (unpaired) electrons. The monoisotopic (exact) mass is 289 g/mol. The average molecular weight is 290 g/mol. The molecule has 0 aliphatic rings. The van der Waals surface area contributed by atoms with Crippen LogP contribution in [0.4, 0.5) is 4.39 Å². The summed E-state index contributed by atoms with van der Waals surface area (Å²) in [7, 11) is 1.59. The number of halogens is 2. The fourth-order valence-corrected chi connectivity index (χ4v) is 1.56. The first-order valence-corrected chi connectivity index (χ1v) is 5.67. The summed E-state index contributed by atoms with van der Waals surface area (Å²) in [6.45, 7) is 1.04. The van der Waals surface area contributed by atoms with Gasteiger partial charge in [0.25, 0.3) is 5.91 Å². The van der Waals surface area contributed by atoms with Crippen LogP contribution in [0.1, 0.15) is 16.8 Å². The number of amides is 1. The van der Waals surface area contributed by atoms with Crippen LogP contribution in [0.3, 0.4) is 0 Å². The van der Waals surface area contributed by atoms with Gasteiger partial charge in [0, 0.05) is 20.3 Å². The van der Waals surface area contributed by atoms with Gasteiger partial charge in [-0.2, -0.15) is 0 Å². The van der Waals surface area contributed by atoms with Crippen molar-refractivity contribution in [3.05, 3.63) is 34.1 Å². The van der Waals surface area contributed by atoms with Crippen LogP contribution in [-0.4, -0.2) is 26.2 Å². The SMILES string of the molecule is COCCCNC(=O)c1cccc(Br)c1F. The summed E-state index contributed by atoms with van der Waals surface area (Å²) in [6, 6.07) is 4.63. The summed E-state index contributed by atoms with van der Waals surface area (Å²) < 4.78 is 18.6. The number of hydrogen-bond donors (Lipinski definition) is 1. The van der Waals surface area contributed by atoms with Gasteiger partial charge < -0.3 is 10.1 Å². The zero-order valence-corrected chi connectivity index (χ0v) is 10.5. The number of rotatable bonds is 5. The summed E-state index contributed by atoms with van der Waals surface area (Å²) in [6.07, 6.45) is 0.706. The number of methoxy groups -OCH3 is 1. The van der Waals surface area contributed by atoms with Crippen LogP contribution in [0.5, 0.6) is 0 Å². The van der Waals surface area contributed by atoms with Gasteiger partial charge in [0.15, 0.2) is 0 Å². The summed E-state index contributed by atoms with van der Waals surface area (Å²) in [5, 5.41) is 2.62. The highest BCUT2D eigenvalue weighted by atomic mass is 79.9. The Bertz CT molecular complexity index is 371. The predicted octanol–water partition coefficient (Wildman–Crippen LogP) is 2.35. The summed E-state index contributed by atoms with van der Waals surface area (Å²) >= 11 is 3.03. The molecule has 0 atom stereocenters. The molecule has 1 rings (SSSR count). The van der Waals surface area contributed by atoms with Crippen LogP contribution >= 0.6 is 15.9 Å². The van der Waals surface area contributed by atoms with Crippen molar-refractivity contribution in [2.45, 2.75) is 6.42 Å². The van der Waals surface area contributed by atoms with E-state index < -0.39 is 11.7 Å². The zero-order valence-electron chi connectivity index (χ0n) is 8.93. The van der Waals surface area contributed by atoms with Crippen molar-refractivity contribution in [2.24, 2.45) is 0 Å². The Kier molecular flexibility index (Phi) is 5.42. The molecule has 0 saturated heterocycles. The molecule has 0 fully saturated rings. The van der Waals surface area contributed by atoms with Crippen LogP contribution in [0.15, 0.2) is 22.7 Å². The minimum atomic E-state index is -0.535. The molecular weight excluding hydrogens is 277 g/mol. The van der Waals surface area contributed by atoms with Crippen molar-refractivity contribution in [3.63, 3.8) is 0 Å². The van der Waals surface area contributed by atoms with E-state index in [4.69, 9.17) is 4.74 Å². The minimum absolute atomic E-state index is 0.0480. The van der Waals surface area contributed by atoms with E-state index in [2.05, 4.69) is 21.2 Å². The lowest BCUT2D eigenvalue weighted by Gasteiger charge is -2.06. The molecule has 1 N–H and O–H groups in total. The fourth-order valence-electron chi connectivity index (χ4n) is 1.19. The van der Waals surface area contributed by atoms with Crippen molar-refractivity contribution >= 4 is 21.8 Å². The highest BCUT2D eigenvalue weighted by molar-refractivity contribution is 9.10.